The van der Waals surface area contributed by atoms with Crippen LogP contribution in [0.3, 0.4) is 0 Å². The summed E-state index contributed by atoms with van der Waals surface area (Å²) in [6.45, 7) is 2.91. The lowest BCUT2D eigenvalue weighted by molar-refractivity contribution is -0.125. The maximum Gasteiger partial charge on any atom is 0.270 e. The first kappa shape index (κ1) is 22.2. The third-order valence-electron chi connectivity index (χ3n) is 5.69. The number of carbonyl (C=O) groups excluding carboxylic acids is 2. The second kappa shape index (κ2) is 10.1. The highest BCUT2D eigenvalue weighted by atomic mass is 16.2. The molecule has 2 heterocycles. The third-order valence-corrected chi connectivity index (χ3v) is 5.69. The number of aryl methyl sites for hydroxylation is 1. The van der Waals surface area contributed by atoms with Gasteiger partial charge in [-0.1, -0.05) is 55.5 Å². The molecule has 1 aliphatic heterocycles. The smallest absolute Gasteiger partial charge is 0.270 e. The average Bonchev–Trinajstić information content (AvgIpc) is 3.31. The number of benzene rings is 2. The molecular formula is C26H27N5O2. The summed E-state index contributed by atoms with van der Waals surface area (Å²) in [5.41, 5.74) is 9.87. The number of nitrogens with two attached hydrogens (primary N) is 1. The molecule has 1 aromatic heterocycles. The second-order valence-electron chi connectivity index (χ2n) is 8.04. The van der Waals surface area contributed by atoms with Gasteiger partial charge in [0.15, 0.2) is 0 Å². The summed E-state index contributed by atoms with van der Waals surface area (Å²) in [6, 6.07) is 20.6. The lowest BCUT2D eigenvalue weighted by Crippen LogP contribution is -2.40. The average molecular weight is 442 g/mol. The van der Waals surface area contributed by atoms with Crippen LogP contribution in [-0.2, 0) is 29.1 Å². The fourth-order valence-electron chi connectivity index (χ4n) is 3.87. The normalized spacial score (nSPS) is 15.2. The van der Waals surface area contributed by atoms with Gasteiger partial charge in [-0.25, -0.2) is 0 Å². The van der Waals surface area contributed by atoms with E-state index in [0.717, 1.165) is 23.2 Å². The van der Waals surface area contributed by atoms with E-state index in [1.54, 1.807) is 22.3 Å². The first-order chi connectivity index (χ1) is 16.0. The second-order valence-corrected chi connectivity index (χ2v) is 8.04. The summed E-state index contributed by atoms with van der Waals surface area (Å²) in [5.74, 6) is -0.734. The maximum atomic E-state index is 13.6. The number of carbonyl (C=O) groups is 2. The van der Waals surface area contributed by atoms with Gasteiger partial charge >= 0.3 is 0 Å². The minimum absolute atomic E-state index is 0.168. The van der Waals surface area contributed by atoms with Gasteiger partial charge in [0.1, 0.15) is 11.8 Å². The van der Waals surface area contributed by atoms with Gasteiger partial charge in [-0.3, -0.25) is 19.6 Å². The maximum absolute atomic E-state index is 13.6. The van der Waals surface area contributed by atoms with E-state index in [9.17, 15) is 9.59 Å². The van der Waals surface area contributed by atoms with E-state index in [0.29, 0.717) is 18.8 Å². The zero-order valence-electron chi connectivity index (χ0n) is 18.6. The van der Waals surface area contributed by atoms with Gasteiger partial charge in [0.05, 0.1) is 5.69 Å². The monoisotopic (exact) mass is 441 g/mol. The van der Waals surface area contributed by atoms with Crippen molar-refractivity contribution in [2.45, 2.75) is 38.9 Å². The molecule has 33 heavy (non-hydrogen) atoms. The molecule has 1 unspecified atom stereocenters. The number of aromatic nitrogens is 1. The number of hydrazone groups is 1. The quantitative estimate of drug-likeness (QED) is 0.581. The first-order valence-corrected chi connectivity index (χ1v) is 11.0. The lowest BCUT2D eigenvalue weighted by Gasteiger charge is -2.23. The number of nitrogens with zero attached hydrogens (tertiary/aromatic N) is 4. The molecule has 3 aromatic rings. The van der Waals surface area contributed by atoms with Crippen LogP contribution in [-0.4, -0.2) is 33.5 Å². The van der Waals surface area contributed by atoms with E-state index in [2.05, 4.69) is 29.1 Å². The summed E-state index contributed by atoms with van der Waals surface area (Å²) < 4.78 is 0. The Balaban J connectivity index is 1.62. The highest BCUT2D eigenvalue weighted by molar-refractivity contribution is 6.40. The molecule has 2 amide bonds. The third kappa shape index (κ3) is 5.26. The number of rotatable bonds is 8. The fourth-order valence-corrected chi connectivity index (χ4v) is 3.87. The molecule has 1 aliphatic rings. The Morgan fingerprint density at radius 2 is 1.67 bits per heavy atom. The molecule has 0 aliphatic carbocycles. The molecule has 0 radical (unpaired) electrons. The van der Waals surface area contributed by atoms with Crippen LogP contribution < -0.4 is 10.7 Å². The Hall–Kier alpha value is -4.00. The molecular weight excluding hydrogens is 414 g/mol. The van der Waals surface area contributed by atoms with Crippen LogP contribution in [0.15, 0.2) is 84.2 Å². The summed E-state index contributed by atoms with van der Waals surface area (Å²) in [7, 11) is 0. The van der Waals surface area contributed by atoms with Crippen molar-refractivity contribution in [3.63, 3.8) is 0 Å². The van der Waals surface area contributed by atoms with Crippen molar-refractivity contribution < 1.29 is 9.59 Å². The number of hydrogen-bond donors (Lipinski definition) is 1. The Bertz CT molecular complexity index is 1130. The molecule has 0 spiro atoms. The van der Waals surface area contributed by atoms with Crippen LogP contribution in [0.2, 0.25) is 0 Å². The van der Waals surface area contributed by atoms with Crippen LogP contribution in [0.1, 0.15) is 30.0 Å². The molecule has 0 bridgehead atoms. The molecule has 2 aromatic carbocycles. The number of hydrogen-bond acceptors (Lipinski definition) is 5. The molecule has 2 N–H and O–H groups in total. The molecule has 7 nitrogen and oxygen atoms in total. The highest BCUT2D eigenvalue weighted by Crippen LogP contribution is 2.25. The first-order valence-electron chi connectivity index (χ1n) is 11.0. The number of anilines is 1. The van der Waals surface area contributed by atoms with Crippen LogP contribution in [0, 0.1) is 0 Å². The molecule has 1 atom stereocenters. The number of pyridine rings is 1. The SMILES string of the molecule is CCc1ccc(CN(Cc2cccnc2)C(=O)C2=NN(c3ccccc3)C(C(N)=O)C2)cc1. The van der Waals surface area contributed by atoms with Crippen molar-refractivity contribution in [2.24, 2.45) is 10.8 Å². The van der Waals surface area contributed by atoms with Crippen LogP contribution in [0.4, 0.5) is 5.69 Å². The number of amides is 2. The van der Waals surface area contributed by atoms with Gasteiger partial charge in [0.25, 0.3) is 5.91 Å². The molecule has 7 heteroatoms. The predicted octanol–water partition coefficient (Wildman–Crippen LogP) is 3.29. The van der Waals surface area contributed by atoms with E-state index in [4.69, 9.17) is 5.73 Å². The summed E-state index contributed by atoms with van der Waals surface area (Å²) in [5, 5.41) is 6.08. The topological polar surface area (TPSA) is 91.9 Å². The standard InChI is InChI=1S/C26H27N5O2/c1-2-19-10-12-20(13-11-19)17-30(18-21-7-6-14-28-16-21)26(33)23-15-24(25(27)32)31(29-23)22-8-4-3-5-9-22/h3-14,16,24H,2,15,17-18H2,1H3,(H2,27,32). The largest absolute Gasteiger partial charge is 0.368 e. The van der Waals surface area contributed by atoms with Gasteiger partial charge in [0.2, 0.25) is 5.91 Å². The Morgan fingerprint density at radius 1 is 0.970 bits per heavy atom. The van der Waals surface area contributed by atoms with Crippen LogP contribution in [0.25, 0.3) is 0 Å². The molecule has 0 saturated heterocycles. The van der Waals surface area contributed by atoms with Gasteiger partial charge in [0, 0.05) is 31.9 Å². The minimum atomic E-state index is -0.699. The summed E-state index contributed by atoms with van der Waals surface area (Å²) in [6.07, 6.45) is 4.58. The number of primary amides is 1. The Kier molecular flexibility index (Phi) is 6.78. The van der Waals surface area contributed by atoms with E-state index < -0.39 is 11.9 Å². The van der Waals surface area contributed by atoms with Crippen LogP contribution in [0.5, 0.6) is 0 Å². The predicted molar refractivity (Wildman–Crippen MR) is 128 cm³/mol. The van der Waals surface area contributed by atoms with Crippen LogP contribution >= 0.6 is 0 Å². The molecule has 0 fully saturated rings. The van der Waals surface area contributed by atoms with Crippen molar-refractivity contribution in [1.29, 1.82) is 0 Å². The van der Waals surface area contributed by atoms with E-state index in [1.807, 2.05) is 54.6 Å². The lowest BCUT2D eigenvalue weighted by atomic mass is 10.1. The van der Waals surface area contributed by atoms with E-state index in [1.165, 1.54) is 5.56 Å². The van der Waals surface area contributed by atoms with Gasteiger partial charge in [-0.2, -0.15) is 5.10 Å². The molecule has 0 saturated carbocycles. The van der Waals surface area contributed by atoms with E-state index in [-0.39, 0.29) is 12.3 Å². The van der Waals surface area contributed by atoms with Crippen molar-refractivity contribution in [1.82, 2.24) is 9.88 Å². The summed E-state index contributed by atoms with van der Waals surface area (Å²) in [4.78, 5) is 31.7. The highest BCUT2D eigenvalue weighted by Gasteiger charge is 2.36. The Morgan fingerprint density at radius 3 is 2.30 bits per heavy atom. The zero-order valence-corrected chi connectivity index (χ0v) is 18.6. The molecule has 168 valence electrons. The Labute approximate surface area is 193 Å². The van der Waals surface area contributed by atoms with Crippen molar-refractivity contribution in [2.75, 3.05) is 5.01 Å². The number of para-hydroxylation sites is 1. The fraction of sp³-hybridized carbons (Fsp3) is 0.231. The molecule has 4 rings (SSSR count). The van der Waals surface area contributed by atoms with Gasteiger partial charge in [-0.05, 0) is 41.3 Å². The van der Waals surface area contributed by atoms with E-state index >= 15 is 0 Å². The zero-order chi connectivity index (χ0) is 23.2. The minimum Gasteiger partial charge on any atom is -0.368 e. The van der Waals surface area contributed by atoms with Crippen molar-refractivity contribution in [3.05, 3.63) is 95.8 Å². The van der Waals surface area contributed by atoms with Crippen molar-refractivity contribution >= 4 is 23.2 Å². The van der Waals surface area contributed by atoms with Gasteiger partial charge < -0.3 is 10.6 Å². The van der Waals surface area contributed by atoms with Crippen molar-refractivity contribution in [3.8, 4) is 0 Å². The summed E-state index contributed by atoms with van der Waals surface area (Å²) >= 11 is 0. The van der Waals surface area contributed by atoms with Gasteiger partial charge in [-0.15, -0.1) is 0 Å².